The molecule has 0 N–H and O–H groups in total. The van der Waals surface area contributed by atoms with Crippen molar-refractivity contribution in [3.63, 3.8) is 0 Å². The van der Waals surface area contributed by atoms with Gasteiger partial charge in [0, 0.05) is 10.7 Å². The SMILES string of the molecule is N#Cc1ncc(C(F)F)c(Br)c1C(F)(F)F. The van der Waals surface area contributed by atoms with Crippen LogP contribution in [0.25, 0.3) is 0 Å². The molecule has 0 radical (unpaired) electrons. The number of hydrogen-bond acceptors (Lipinski definition) is 2. The van der Waals surface area contributed by atoms with Crippen molar-refractivity contribution in [3.8, 4) is 6.07 Å². The van der Waals surface area contributed by atoms with Crippen LogP contribution in [0, 0.1) is 11.3 Å². The predicted octanol–water partition coefficient (Wildman–Crippen LogP) is 3.67. The summed E-state index contributed by atoms with van der Waals surface area (Å²) >= 11 is 2.42. The number of aromatic nitrogens is 1. The highest BCUT2D eigenvalue weighted by Gasteiger charge is 2.38. The normalized spacial score (nSPS) is 11.6. The number of alkyl halides is 5. The van der Waals surface area contributed by atoms with Crippen molar-refractivity contribution in [1.29, 1.82) is 5.26 Å². The van der Waals surface area contributed by atoms with E-state index in [0.717, 1.165) is 0 Å². The molecule has 0 bridgehead atoms. The molecule has 0 fully saturated rings. The van der Waals surface area contributed by atoms with E-state index in [1.165, 1.54) is 6.07 Å². The molecular formula is C8H2BrF5N2. The van der Waals surface area contributed by atoms with Crippen LogP contribution in [0.3, 0.4) is 0 Å². The summed E-state index contributed by atoms with van der Waals surface area (Å²) in [4.78, 5) is 3.05. The third-order valence-corrected chi connectivity index (χ3v) is 2.52. The van der Waals surface area contributed by atoms with Crippen LogP contribution in [0.15, 0.2) is 10.7 Å². The van der Waals surface area contributed by atoms with E-state index in [9.17, 15) is 22.0 Å². The molecule has 2 nitrogen and oxygen atoms in total. The van der Waals surface area contributed by atoms with Gasteiger partial charge in [-0.2, -0.15) is 18.4 Å². The Morgan fingerprint density at radius 2 is 1.94 bits per heavy atom. The van der Waals surface area contributed by atoms with Crippen LogP contribution in [-0.2, 0) is 6.18 Å². The average Bonchev–Trinajstić information content (AvgIpc) is 2.14. The van der Waals surface area contributed by atoms with Crippen LogP contribution >= 0.6 is 15.9 Å². The molecule has 0 spiro atoms. The van der Waals surface area contributed by atoms with Gasteiger partial charge in [0.2, 0.25) is 0 Å². The molecule has 0 amide bonds. The maximum absolute atomic E-state index is 12.5. The van der Waals surface area contributed by atoms with Crippen molar-refractivity contribution < 1.29 is 22.0 Å². The molecule has 0 aliphatic carbocycles. The summed E-state index contributed by atoms with van der Waals surface area (Å²) in [5, 5.41) is 8.41. The molecule has 86 valence electrons. The summed E-state index contributed by atoms with van der Waals surface area (Å²) in [6.07, 6.45) is -7.47. The number of nitrogens with zero attached hydrogens (tertiary/aromatic N) is 2. The molecule has 0 unspecified atom stereocenters. The van der Waals surface area contributed by atoms with Crippen LogP contribution in [0.4, 0.5) is 22.0 Å². The molecule has 16 heavy (non-hydrogen) atoms. The first-order valence-corrected chi connectivity index (χ1v) is 4.52. The third-order valence-electron chi connectivity index (χ3n) is 1.67. The molecule has 0 aliphatic rings. The Morgan fingerprint density at radius 3 is 2.31 bits per heavy atom. The average molecular weight is 301 g/mol. The molecular weight excluding hydrogens is 299 g/mol. The quantitative estimate of drug-likeness (QED) is 0.742. The van der Waals surface area contributed by atoms with Gasteiger partial charge < -0.3 is 0 Å². The van der Waals surface area contributed by atoms with E-state index >= 15 is 0 Å². The van der Waals surface area contributed by atoms with Gasteiger partial charge in [0.1, 0.15) is 11.6 Å². The summed E-state index contributed by atoms with van der Waals surface area (Å²) in [5.41, 5.74) is -3.32. The van der Waals surface area contributed by atoms with Crippen LogP contribution in [0.1, 0.15) is 23.2 Å². The number of halogens is 6. The van der Waals surface area contributed by atoms with Gasteiger partial charge in [-0.3, -0.25) is 0 Å². The largest absolute Gasteiger partial charge is 0.420 e. The van der Waals surface area contributed by atoms with Gasteiger partial charge in [-0.1, -0.05) is 0 Å². The molecule has 0 saturated carbocycles. The lowest BCUT2D eigenvalue weighted by molar-refractivity contribution is -0.138. The van der Waals surface area contributed by atoms with E-state index in [2.05, 4.69) is 20.9 Å². The van der Waals surface area contributed by atoms with Gasteiger partial charge >= 0.3 is 6.18 Å². The second-order valence-electron chi connectivity index (χ2n) is 2.66. The van der Waals surface area contributed by atoms with E-state index in [1.54, 1.807) is 0 Å². The Morgan fingerprint density at radius 1 is 1.38 bits per heavy atom. The first-order valence-electron chi connectivity index (χ1n) is 3.73. The molecule has 1 aromatic heterocycles. The highest BCUT2D eigenvalue weighted by Crippen LogP contribution is 2.40. The van der Waals surface area contributed by atoms with Gasteiger partial charge in [0.05, 0.1) is 5.56 Å². The summed E-state index contributed by atoms with van der Waals surface area (Å²) < 4.78 is 61.2. The molecule has 0 atom stereocenters. The molecule has 8 heteroatoms. The van der Waals surface area contributed by atoms with E-state index in [4.69, 9.17) is 5.26 Å². The molecule has 0 aliphatic heterocycles. The van der Waals surface area contributed by atoms with Crippen molar-refractivity contribution in [2.24, 2.45) is 0 Å². The number of rotatable bonds is 1. The summed E-state index contributed by atoms with van der Waals surface area (Å²) in [6, 6.07) is 1.20. The van der Waals surface area contributed by atoms with E-state index < -0.39 is 33.9 Å². The lowest BCUT2D eigenvalue weighted by Gasteiger charge is -2.12. The van der Waals surface area contributed by atoms with Crippen molar-refractivity contribution in [3.05, 3.63) is 27.5 Å². The monoisotopic (exact) mass is 300 g/mol. The zero-order valence-corrected chi connectivity index (χ0v) is 8.90. The van der Waals surface area contributed by atoms with Crippen LogP contribution in [0.2, 0.25) is 0 Å². The first-order chi connectivity index (χ1) is 7.29. The Kier molecular flexibility index (Phi) is 3.48. The summed E-state index contributed by atoms with van der Waals surface area (Å²) in [6.45, 7) is 0. The fraction of sp³-hybridized carbons (Fsp3) is 0.250. The van der Waals surface area contributed by atoms with Crippen molar-refractivity contribution in [1.82, 2.24) is 4.98 Å². The van der Waals surface area contributed by atoms with E-state index in [1.807, 2.05) is 0 Å². The second kappa shape index (κ2) is 4.33. The minimum atomic E-state index is -4.91. The Labute approximate surface area is 94.8 Å². The number of pyridine rings is 1. The third kappa shape index (κ3) is 2.29. The van der Waals surface area contributed by atoms with Gasteiger partial charge in [0.25, 0.3) is 6.43 Å². The Balaban J connectivity index is 3.55. The fourth-order valence-corrected chi connectivity index (χ4v) is 1.69. The van der Waals surface area contributed by atoms with Gasteiger partial charge in [-0.15, -0.1) is 0 Å². The van der Waals surface area contributed by atoms with Gasteiger partial charge in [-0.05, 0) is 15.9 Å². The van der Waals surface area contributed by atoms with Crippen molar-refractivity contribution in [2.45, 2.75) is 12.6 Å². The summed E-state index contributed by atoms with van der Waals surface area (Å²) in [7, 11) is 0. The molecule has 1 rings (SSSR count). The van der Waals surface area contributed by atoms with Crippen molar-refractivity contribution >= 4 is 15.9 Å². The standard InChI is InChI=1S/C8H2BrF5N2/c9-6-3(7(10)11)2-16-4(1-15)5(6)8(12,13)14/h2,7H. The lowest BCUT2D eigenvalue weighted by atomic mass is 10.1. The van der Waals surface area contributed by atoms with Crippen LogP contribution < -0.4 is 0 Å². The van der Waals surface area contributed by atoms with E-state index in [0.29, 0.717) is 6.20 Å². The summed E-state index contributed by atoms with van der Waals surface area (Å²) in [5.74, 6) is 0. The maximum Gasteiger partial charge on any atom is 0.420 e. The number of nitriles is 1. The zero-order chi connectivity index (χ0) is 12.5. The predicted molar refractivity (Wildman–Crippen MR) is 46.6 cm³/mol. The van der Waals surface area contributed by atoms with E-state index in [-0.39, 0.29) is 0 Å². The van der Waals surface area contributed by atoms with Crippen molar-refractivity contribution in [2.75, 3.05) is 0 Å². The molecule has 0 saturated heterocycles. The Hall–Kier alpha value is -1.23. The molecule has 0 aromatic carbocycles. The van der Waals surface area contributed by atoms with Gasteiger partial charge in [0.15, 0.2) is 5.69 Å². The minimum Gasteiger partial charge on any atom is -0.244 e. The van der Waals surface area contributed by atoms with Crippen LogP contribution in [0.5, 0.6) is 0 Å². The Bertz CT molecular complexity index is 449. The van der Waals surface area contributed by atoms with Gasteiger partial charge in [-0.25, -0.2) is 13.8 Å². The fourth-order valence-electron chi connectivity index (χ4n) is 0.999. The highest BCUT2D eigenvalue weighted by atomic mass is 79.9. The molecule has 1 heterocycles. The molecule has 1 aromatic rings. The second-order valence-corrected chi connectivity index (χ2v) is 3.45. The number of hydrogen-bond donors (Lipinski definition) is 0. The highest BCUT2D eigenvalue weighted by molar-refractivity contribution is 9.10. The topological polar surface area (TPSA) is 36.7 Å². The smallest absolute Gasteiger partial charge is 0.244 e. The first kappa shape index (κ1) is 12.8. The maximum atomic E-state index is 12.5. The zero-order valence-electron chi connectivity index (χ0n) is 7.32. The minimum absolute atomic E-state index is 0.544. The van der Waals surface area contributed by atoms with Crippen LogP contribution in [-0.4, -0.2) is 4.98 Å². The lowest BCUT2D eigenvalue weighted by Crippen LogP contribution is -2.12.